The molecule has 0 heterocycles. The van der Waals surface area contributed by atoms with Gasteiger partial charge in [0.15, 0.2) is 0 Å². The molecule has 7 heteroatoms. The van der Waals surface area contributed by atoms with Crippen molar-refractivity contribution in [2.75, 3.05) is 13.1 Å². The highest BCUT2D eigenvalue weighted by Gasteiger charge is 2.13. The molecule has 1 aromatic rings. The molecule has 0 aliphatic rings. The minimum absolute atomic E-state index is 0.00370. The van der Waals surface area contributed by atoms with Crippen molar-refractivity contribution in [3.05, 3.63) is 35.4 Å². The summed E-state index contributed by atoms with van der Waals surface area (Å²) in [6, 6.07) is 2.83. The number of nitrogens with one attached hydrogen (secondary N) is 3. The first-order valence-electron chi connectivity index (χ1n) is 7.04. The maximum Gasteiger partial charge on any atom is 0.239 e. The van der Waals surface area contributed by atoms with Gasteiger partial charge in [0.1, 0.15) is 11.6 Å². The van der Waals surface area contributed by atoms with Crippen molar-refractivity contribution in [2.24, 2.45) is 0 Å². The van der Waals surface area contributed by atoms with Crippen LogP contribution in [0.3, 0.4) is 0 Å². The van der Waals surface area contributed by atoms with Crippen LogP contribution in [0, 0.1) is 11.6 Å². The molecule has 1 atom stereocenters. The summed E-state index contributed by atoms with van der Waals surface area (Å²) >= 11 is 0. The van der Waals surface area contributed by atoms with E-state index in [1.807, 2.05) is 13.8 Å². The van der Waals surface area contributed by atoms with E-state index < -0.39 is 17.7 Å². The van der Waals surface area contributed by atoms with Gasteiger partial charge in [0.05, 0.1) is 13.1 Å². The Bertz CT molecular complexity index is 536. The highest BCUT2D eigenvalue weighted by Crippen LogP contribution is 2.17. The van der Waals surface area contributed by atoms with Crippen LogP contribution in [0.4, 0.5) is 8.78 Å². The van der Waals surface area contributed by atoms with E-state index in [1.165, 1.54) is 6.07 Å². The monoisotopic (exact) mass is 313 g/mol. The van der Waals surface area contributed by atoms with Gasteiger partial charge in [-0.15, -0.1) is 0 Å². The highest BCUT2D eigenvalue weighted by molar-refractivity contribution is 5.85. The standard InChI is InChI=1S/C15H21F2N3O2/c1-9(2)20-15(22)8-19-14(21)7-18-10(3)12-5-4-11(16)6-13(12)17/h4-6,9-10,18H,7-8H2,1-3H3,(H,19,21)(H,20,22)/t10-/m1/s1. The third-order valence-electron chi connectivity index (χ3n) is 2.89. The highest BCUT2D eigenvalue weighted by atomic mass is 19.1. The van der Waals surface area contributed by atoms with E-state index in [9.17, 15) is 18.4 Å². The Kier molecular flexibility index (Phi) is 6.91. The Labute approximate surface area is 128 Å². The fraction of sp³-hybridized carbons (Fsp3) is 0.467. The van der Waals surface area contributed by atoms with Crippen LogP contribution in [0.5, 0.6) is 0 Å². The van der Waals surface area contributed by atoms with Crippen LogP contribution in [0.15, 0.2) is 18.2 Å². The predicted octanol–water partition coefficient (Wildman–Crippen LogP) is 1.26. The van der Waals surface area contributed by atoms with E-state index in [-0.39, 0.29) is 36.5 Å². The van der Waals surface area contributed by atoms with E-state index in [0.29, 0.717) is 0 Å². The Morgan fingerprint density at radius 1 is 1.09 bits per heavy atom. The Balaban J connectivity index is 2.38. The smallest absolute Gasteiger partial charge is 0.239 e. The number of amides is 2. The Hall–Kier alpha value is -2.02. The topological polar surface area (TPSA) is 70.2 Å². The van der Waals surface area contributed by atoms with Gasteiger partial charge < -0.3 is 16.0 Å². The van der Waals surface area contributed by atoms with Crippen molar-refractivity contribution >= 4 is 11.8 Å². The number of carbonyl (C=O) groups is 2. The molecule has 0 aliphatic carbocycles. The van der Waals surface area contributed by atoms with E-state index in [0.717, 1.165) is 12.1 Å². The average Bonchev–Trinajstić information content (AvgIpc) is 2.41. The molecule has 1 aromatic carbocycles. The minimum Gasteiger partial charge on any atom is -0.352 e. The molecular weight excluding hydrogens is 292 g/mol. The maximum absolute atomic E-state index is 13.6. The van der Waals surface area contributed by atoms with Crippen molar-refractivity contribution in [2.45, 2.75) is 32.9 Å². The number of rotatable bonds is 7. The molecule has 122 valence electrons. The van der Waals surface area contributed by atoms with Crippen LogP contribution in [-0.2, 0) is 9.59 Å². The van der Waals surface area contributed by atoms with Crippen molar-refractivity contribution in [3.8, 4) is 0 Å². The summed E-state index contributed by atoms with van der Waals surface area (Å²) in [5, 5.41) is 7.91. The normalized spacial score (nSPS) is 12.1. The van der Waals surface area contributed by atoms with Gasteiger partial charge in [0, 0.05) is 23.7 Å². The van der Waals surface area contributed by atoms with Crippen molar-refractivity contribution < 1.29 is 18.4 Å². The van der Waals surface area contributed by atoms with E-state index in [2.05, 4.69) is 16.0 Å². The zero-order valence-electron chi connectivity index (χ0n) is 12.9. The average molecular weight is 313 g/mol. The second-order valence-electron chi connectivity index (χ2n) is 5.27. The molecule has 0 aromatic heterocycles. The zero-order chi connectivity index (χ0) is 16.7. The van der Waals surface area contributed by atoms with Gasteiger partial charge in [-0.1, -0.05) is 6.07 Å². The van der Waals surface area contributed by atoms with Gasteiger partial charge in [-0.3, -0.25) is 9.59 Å². The van der Waals surface area contributed by atoms with Crippen LogP contribution in [0.1, 0.15) is 32.4 Å². The largest absolute Gasteiger partial charge is 0.352 e. The summed E-state index contributed by atoms with van der Waals surface area (Å²) < 4.78 is 26.4. The second-order valence-corrected chi connectivity index (χ2v) is 5.27. The predicted molar refractivity (Wildman–Crippen MR) is 79.1 cm³/mol. The van der Waals surface area contributed by atoms with E-state index >= 15 is 0 Å². The molecule has 0 aliphatic heterocycles. The first-order chi connectivity index (χ1) is 10.3. The molecule has 2 amide bonds. The van der Waals surface area contributed by atoms with Crippen LogP contribution in [-0.4, -0.2) is 30.9 Å². The molecule has 3 N–H and O–H groups in total. The Morgan fingerprint density at radius 2 is 1.77 bits per heavy atom. The van der Waals surface area contributed by atoms with Gasteiger partial charge in [0.25, 0.3) is 0 Å². The summed E-state index contributed by atoms with van der Waals surface area (Å²) in [6.07, 6.45) is 0. The SMILES string of the molecule is CC(C)NC(=O)CNC(=O)CN[C@H](C)c1ccc(F)cc1F. The lowest BCUT2D eigenvalue weighted by Gasteiger charge is -2.15. The first kappa shape index (κ1) is 18.0. The van der Waals surface area contributed by atoms with Crippen LogP contribution in [0.25, 0.3) is 0 Å². The van der Waals surface area contributed by atoms with Crippen LogP contribution in [0.2, 0.25) is 0 Å². The molecule has 0 fully saturated rings. The molecule has 22 heavy (non-hydrogen) atoms. The number of benzene rings is 1. The first-order valence-corrected chi connectivity index (χ1v) is 7.04. The summed E-state index contributed by atoms with van der Waals surface area (Å²) in [4.78, 5) is 23.0. The molecular formula is C15H21F2N3O2. The third kappa shape index (κ3) is 6.17. The van der Waals surface area contributed by atoms with Gasteiger partial charge in [-0.2, -0.15) is 0 Å². The molecule has 5 nitrogen and oxygen atoms in total. The Morgan fingerprint density at radius 3 is 2.36 bits per heavy atom. The van der Waals surface area contributed by atoms with Crippen molar-refractivity contribution in [3.63, 3.8) is 0 Å². The fourth-order valence-electron chi connectivity index (χ4n) is 1.82. The third-order valence-corrected chi connectivity index (χ3v) is 2.89. The molecule has 0 saturated carbocycles. The zero-order valence-corrected chi connectivity index (χ0v) is 12.9. The van der Waals surface area contributed by atoms with Crippen LogP contribution >= 0.6 is 0 Å². The molecule has 0 saturated heterocycles. The lowest BCUT2D eigenvalue weighted by Crippen LogP contribution is -2.42. The summed E-state index contributed by atoms with van der Waals surface area (Å²) in [5.41, 5.74) is 0.270. The molecule has 0 spiro atoms. The summed E-state index contributed by atoms with van der Waals surface area (Å²) in [7, 11) is 0. The summed E-state index contributed by atoms with van der Waals surface area (Å²) in [5.74, 6) is -1.98. The van der Waals surface area contributed by atoms with E-state index in [1.54, 1.807) is 6.92 Å². The van der Waals surface area contributed by atoms with E-state index in [4.69, 9.17) is 0 Å². The lowest BCUT2D eigenvalue weighted by molar-refractivity contribution is -0.125. The maximum atomic E-state index is 13.6. The fourth-order valence-corrected chi connectivity index (χ4v) is 1.82. The molecule has 0 bridgehead atoms. The molecule has 1 rings (SSSR count). The van der Waals surface area contributed by atoms with Crippen LogP contribution < -0.4 is 16.0 Å². The summed E-state index contributed by atoms with van der Waals surface area (Å²) in [6.45, 7) is 5.11. The number of hydrogen-bond acceptors (Lipinski definition) is 3. The van der Waals surface area contributed by atoms with Crippen molar-refractivity contribution in [1.29, 1.82) is 0 Å². The quantitative estimate of drug-likeness (QED) is 0.710. The number of carbonyl (C=O) groups excluding carboxylic acids is 2. The van der Waals surface area contributed by atoms with Crippen molar-refractivity contribution in [1.82, 2.24) is 16.0 Å². The lowest BCUT2D eigenvalue weighted by atomic mass is 10.1. The van der Waals surface area contributed by atoms with Gasteiger partial charge in [0.2, 0.25) is 11.8 Å². The second kappa shape index (κ2) is 8.43. The number of halogens is 2. The molecule has 0 radical (unpaired) electrons. The van der Waals surface area contributed by atoms with Gasteiger partial charge in [-0.05, 0) is 26.8 Å². The molecule has 0 unspecified atom stereocenters. The van der Waals surface area contributed by atoms with Gasteiger partial charge >= 0.3 is 0 Å². The van der Waals surface area contributed by atoms with Gasteiger partial charge in [-0.25, -0.2) is 8.78 Å². The number of hydrogen-bond donors (Lipinski definition) is 3. The minimum atomic E-state index is -0.670.